The Morgan fingerprint density at radius 1 is 0.526 bits per heavy atom. The number of Topliss-reactive ketones (excluding diaryl/α,β-unsaturated/α-hetero) is 2. The molecule has 6 unspecified atom stereocenters. The smallest absolute Gasteiger partial charge is 0.204 e. The van der Waals surface area contributed by atoms with E-state index in [9.17, 15) is 24.9 Å². The van der Waals surface area contributed by atoms with Crippen molar-refractivity contribution < 1.29 is 39.1 Å². The van der Waals surface area contributed by atoms with Crippen LogP contribution in [-0.4, -0.2) is 60.4 Å². The molecular formula is C49H80O8. The molecule has 0 saturated carbocycles. The lowest BCUT2D eigenvalue weighted by atomic mass is 9.77. The Morgan fingerprint density at radius 2 is 0.860 bits per heavy atom. The molecule has 0 aliphatic heterocycles. The maximum absolute atomic E-state index is 12.5. The molecule has 2 rings (SSSR count). The standard InChI is InChI=1S/C24H38O4.C23H36O4.C2H6/c1-16(2)10-8-11-17(3)12-9-13-18(4)14-15-20-19(5)21(25)23(27-6)24(28-7)22(20)26;1-15(2)9-7-10-16(3)11-8-12-17(4)13-14-19-18(5)20(24)22(26)23(27-6)21(19)25;1-2/h10,12,14,19-20,22,26H,8-9,11,13,15H2,1-7H3;9,11,13,18-19,21,25-26H,7-8,10,12,14H2,1-6H3;1-2H3/b17-12+,18-14+;16-11+,17-13+;. The number of rotatable bonds is 19. The summed E-state index contributed by atoms with van der Waals surface area (Å²) in [6.07, 6.45) is 21.2. The Morgan fingerprint density at radius 3 is 1.21 bits per heavy atom. The first kappa shape index (κ1) is 53.4. The summed E-state index contributed by atoms with van der Waals surface area (Å²) >= 11 is 0. The fourth-order valence-electron chi connectivity index (χ4n) is 6.91. The van der Waals surface area contributed by atoms with Gasteiger partial charge in [-0.2, -0.15) is 0 Å². The molecule has 0 saturated heterocycles. The highest BCUT2D eigenvalue weighted by molar-refractivity contribution is 5.97. The van der Waals surface area contributed by atoms with Crippen LogP contribution in [0.15, 0.2) is 92.9 Å². The molecule has 0 heterocycles. The number of carbonyl (C=O) groups is 2. The quantitative estimate of drug-likeness (QED) is 0.110. The number of aliphatic hydroxyl groups is 3. The lowest BCUT2D eigenvalue weighted by molar-refractivity contribution is -0.128. The fourth-order valence-corrected chi connectivity index (χ4v) is 6.91. The first-order valence-corrected chi connectivity index (χ1v) is 21.0. The van der Waals surface area contributed by atoms with Gasteiger partial charge in [0.15, 0.2) is 17.3 Å². The summed E-state index contributed by atoms with van der Waals surface area (Å²) in [5.41, 5.74) is 8.09. The van der Waals surface area contributed by atoms with E-state index in [1.165, 1.54) is 54.8 Å². The summed E-state index contributed by atoms with van der Waals surface area (Å²) in [6, 6.07) is 0. The summed E-state index contributed by atoms with van der Waals surface area (Å²) in [7, 11) is 4.26. The number of hydrogen-bond donors (Lipinski definition) is 3. The van der Waals surface area contributed by atoms with E-state index in [2.05, 4.69) is 91.8 Å². The highest BCUT2D eigenvalue weighted by Crippen LogP contribution is 2.36. The van der Waals surface area contributed by atoms with Crippen LogP contribution in [0, 0.1) is 23.7 Å². The van der Waals surface area contributed by atoms with Gasteiger partial charge in [-0.25, -0.2) is 0 Å². The first-order valence-electron chi connectivity index (χ1n) is 21.0. The van der Waals surface area contributed by atoms with E-state index >= 15 is 0 Å². The Labute approximate surface area is 347 Å². The average molecular weight is 797 g/mol. The summed E-state index contributed by atoms with van der Waals surface area (Å²) in [5.74, 6) is -1.72. The minimum Gasteiger partial charge on any atom is -0.502 e. The molecule has 6 atom stereocenters. The third kappa shape index (κ3) is 18.7. The molecule has 324 valence electrons. The molecule has 57 heavy (non-hydrogen) atoms. The summed E-state index contributed by atoms with van der Waals surface area (Å²) in [5, 5.41) is 30.9. The van der Waals surface area contributed by atoms with Gasteiger partial charge in [-0.3, -0.25) is 9.59 Å². The van der Waals surface area contributed by atoms with E-state index in [1.807, 2.05) is 20.8 Å². The van der Waals surface area contributed by atoms with Gasteiger partial charge in [0.2, 0.25) is 17.3 Å². The second-order valence-electron chi connectivity index (χ2n) is 15.9. The molecule has 3 N–H and O–H groups in total. The van der Waals surface area contributed by atoms with Crippen LogP contribution in [-0.2, 0) is 23.8 Å². The molecule has 8 heteroatoms. The molecule has 2 aliphatic carbocycles. The molecule has 8 nitrogen and oxygen atoms in total. The van der Waals surface area contributed by atoms with Crippen molar-refractivity contribution in [1.29, 1.82) is 0 Å². The van der Waals surface area contributed by atoms with Crippen LogP contribution < -0.4 is 0 Å². The molecule has 0 aromatic heterocycles. The van der Waals surface area contributed by atoms with E-state index in [0.29, 0.717) is 12.8 Å². The van der Waals surface area contributed by atoms with E-state index in [4.69, 9.17) is 14.2 Å². The lowest BCUT2D eigenvalue weighted by Gasteiger charge is -2.33. The highest BCUT2D eigenvalue weighted by atomic mass is 16.5. The van der Waals surface area contributed by atoms with Gasteiger partial charge < -0.3 is 29.5 Å². The fraction of sp³-hybridized carbons (Fsp3) is 0.633. The monoisotopic (exact) mass is 797 g/mol. The molecule has 0 amide bonds. The zero-order valence-corrected chi connectivity index (χ0v) is 38.4. The number of aliphatic hydroxyl groups excluding tert-OH is 3. The Balaban J connectivity index is 0.00000105. The largest absolute Gasteiger partial charge is 0.502 e. The van der Waals surface area contributed by atoms with Crippen LogP contribution in [0.4, 0.5) is 0 Å². The van der Waals surface area contributed by atoms with Crippen LogP contribution in [0.5, 0.6) is 0 Å². The molecule has 0 aromatic rings. The normalized spacial score (nSPS) is 23.2. The first-order chi connectivity index (χ1) is 26.9. The highest BCUT2D eigenvalue weighted by Gasteiger charge is 2.43. The van der Waals surface area contributed by atoms with Crippen molar-refractivity contribution in [3.8, 4) is 0 Å². The van der Waals surface area contributed by atoms with E-state index in [-0.39, 0.29) is 46.6 Å². The molecule has 0 spiro atoms. The van der Waals surface area contributed by atoms with Crippen molar-refractivity contribution in [2.75, 3.05) is 21.3 Å². The lowest BCUT2D eigenvalue weighted by Crippen LogP contribution is -2.40. The van der Waals surface area contributed by atoms with Gasteiger partial charge in [0.1, 0.15) is 12.2 Å². The van der Waals surface area contributed by atoms with Gasteiger partial charge in [-0.05, 0) is 120 Å². The Kier molecular flexibility index (Phi) is 26.9. The molecule has 0 aromatic carbocycles. The van der Waals surface area contributed by atoms with E-state index in [0.717, 1.165) is 51.4 Å². The van der Waals surface area contributed by atoms with Gasteiger partial charge in [-0.1, -0.05) is 97.6 Å². The summed E-state index contributed by atoms with van der Waals surface area (Å²) < 4.78 is 15.4. The predicted molar refractivity (Wildman–Crippen MR) is 236 cm³/mol. The number of ether oxygens (including phenoxy) is 3. The number of carbonyl (C=O) groups excluding carboxylic acids is 2. The number of methoxy groups -OCH3 is 3. The van der Waals surface area contributed by atoms with Crippen LogP contribution in [0.3, 0.4) is 0 Å². The van der Waals surface area contributed by atoms with Gasteiger partial charge in [0.25, 0.3) is 0 Å². The van der Waals surface area contributed by atoms with Crippen molar-refractivity contribution in [2.45, 2.75) is 160 Å². The van der Waals surface area contributed by atoms with E-state index < -0.39 is 23.9 Å². The van der Waals surface area contributed by atoms with Crippen molar-refractivity contribution in [1.82, 2.24) is 0 Å². The zero-order chi connectivity index (χ0) is 43.8. The Hall–Kier alpha value is -3.62. The average Bonchev–Trinajstić information content (AvgIpc) is 3.16. The van der Waals surface area contributed by atoms with E-state index in [1.54, 1.807) is 6.92 Å². The molecule has 0 fully saturated rings. The van der Waals surface area contributed by atoms with Gasteiger partial charge in [0, 0.05) is 23.7 Å². The van der Waals surface area contributed by atoms with Crippen molar-refractivity contribution >= 4 is 11.6 Å². The van der Waals surface area contributed by atoms with Crippen molar-refractivity contribution in [2.24, 2.45) is 23.7 Å². The van der Waals surface area contributed by atoms with Gasteiger partial charge in [0.05, 0.1) is 21.3 Å². The Bertz CT molecular complexity index is 1510. The molecule has 2 aliphatic rings. The number of ketones is 2. The van der Waals surface area contributed by atoms with Gasteiger partial charge >= 0.3 is 0 Å². The second-order valence-corrected chi connectivity index (χ2v) is 15.9. The molecule has 0 bridgehead atoms. The minimum absolute atomic E-state index is 0.0101. The SMILES string of the molecule is CC.COC1=C(O)C(=O)C(C)C(C/C=C(\C)CC/C=C(\C)CCC=C(C)C)C1O.COC1=C(OC)C(O)C(C/C=C(\C)CC/C=C(\C)CCC=C(C)C)C(C)C1=O. The summed E-state index contributed by atoms with van der Waals surface area (Å²) in [6.45, 7) is 24.7. The summed E-state index contributed by atoms with van der Waals surface area (Å²) in [4.78, 5) is 24.6. The zero-order valence-electron chi connectivity index (χ0n) is 38.4. The van der Waals surface area contributed by atoms with Crippen LogP contribution in [0.2, 0.25) is 0 Å². The van der Waals surface area contributed by atoms with Crippen LogP contribution in [0.25, 0.3) is 0 Å². The van der Waals surface area contributed by atoms with Gasteiger partial charge in [-0.15, -0.1) is 0 Å². The minimum atomic E-state index is -0.955. The van der Waals surface area contributed by atoms with Crippen LogP contribution >= 0.6 is 0 Å². The van der Waals surface area contributed by atoms with Crippen molar-refractivity contribution in [3.63, 3.8) is 0 Å². The molecular weight excluding hydrogens is 717 g/mol. The maximum Gasteiger partial charge on any atom is 0.204 e. The van der Waals surface area contributed by atoms with Crippen molar-refractivity contribution in [3.05, 3.63) is 92.9 Å². The third-order valence-corrected chi connectivity index (χ3v) is 10.7. The maximum atomic E-state index is 12.5. The number of hydrogen-bond acceptors (Lipinski definition) is 8. The second kappa shape index (κ2) is 28.7. The predicted octanol–water partition coefficient (Wildman–Crippen LogP) is 11.9. The topological polar surface area (TPSA) is 123 Å². The third-order valence-electron chi connectivity index (χ3n) is 10.7. The molecule has 0 radical (unpaired) electrons. The van der Waals surface area contributed by atoms with Crippen LogP contribution in [0.1, 0.15) is 147 Å². The number of allylic oxidation sites excluding steroid dienone is 14.